The highest BCUT2D eigenvalue weighted by Crippen LogP contribution is 2.33. The number of hydrogen-bond donors (Lipinski definition) is 1. The zero-order valence-electron chi connectivity index (χ0n) is 13.1. The van der Waals surface area contributed by atoms with Crippen molar-refractivity contribution in [3.05, 3.63) is 35.9 Å². The van der Waals surface area contributed by atoms with Crippen LogP contribution in [0.25, 0.3) is 0 Å². The minimum Gasteiger partial charge on any atom is -0.392 e. The highest BCUT2D eigenvalue weighted by Gasteiger charge is 2.30. The van der Waals surface area contributed by atoms with Crippen molar-refractivity contribution in [2.24, 2.45) is 11.8 Å². The van der Waals surface area contributed by atoms with E-state index in [0.29, 0.717) is 5.92 Å². The summed E-state index contributed by atoms with van der Waals surface area (Å²) in [6, 6.07) is 10.6. The molecule has 2 nitrogen and oxygen atoms in total. The van der Waals surface area contributed by atoms with Crippen molar-refractivity contribution < 1.29 is 5.11 Å². The molecule has 2 fully saturated rings. The predicted octanol–water partition coefficient (Wildman–Crippen LogP) is 3.84. The molecule has 21 heavy (non-hydrogen) atoms. The number of nitrogens with zero attached hydrogens (tertiary/aromatic N) is 1. The number of aliphatic hydroxyl groups excluding tert-OH is 1. The molecule has 1 heterocycles. The summed E-state index contributed by atoms with van der Waals surface area (Å²) in [4.78, 5) is 2.41. The van der Waals surface area contributed by atoms with Gasteiger partial charge in [-0.2, -0.15) is 0 Å². The molecule has 1 aromatic carbocycles. The van der Waals surface area contributed by atoms with E-state index in [1.165, 1.54) is 50.5 Å². The van der Waals surface area contributed by atoms with Gasteiger partial charge in [0.1, 0.15) is 0 Å². The van der Waals surface area contributed by atoms with Crippen molar-refractivity contribution in [1.29, 1.82) is 0 Å². The number of rotatable bonds is 4. The normalized spacial score (nSPS) is 28.6. The minimum absolute atomic E-state index is 0.121. The molecule has 1 aromatic rings. The Bertz CT molecular complexity index is 413. The Hall–Kier alpha value is -0.860. The lowest BCUT2D eigenvalue weighted by Gasteiger charge is -2.38. The van der Waals surface area contributed by atoms with Crippen LogP contribution in [0.4, 0.5) is 0 Å². The maximum Gasteiger partial charge on any atom is 0.0695 e. The lowest BCUT2D eigenvalue weighted by molar-refractivity contribution is 0.00654. The Balaban J connectivity index is 1.47. The molecular formula is C19H29NO. The molecule has 2 atom stereocenters. The molecule has 0 unspecified atom stereocenters. The van der Waals surface area contributed by atoms with E-state index in [1.807, 2.05) is 0 Å². The summed E-state index contributed by atoms with van der Waals surface area (Å²) in [6.45, 7) is 2.98. The van der Waals surface area contributed by atoms with Gasteiger partial charge < -0.3 is 5.11 Å². The van der Waals surface area contributed by atoms with Gasteiger partial charge >= 0.3 is 0 Å². The molecule has 0 amide bonds. The van der Waals surface area contributed by atoms with E-state index in [1.54, 1.807) is 0 Å². The van der Waals surface area contributed by atoms with Gasteiger partial charge in [0.25, 0.3) is 0 Å². The number of β-amino-alcohol motifs (C(OH)–C–C–N with tert-alkyl or cyclic N) is 1. The van der Waals surface area contributed by atoms with Crippen LogP contribution in [0.3, 0.4) is 0 Å². The average molecular weight is 287 g/mol. The SMILES string of the molecule is O[C@@H]1CN(Cc2ccccc2)CC[C@H]1CC1CCCCC1. The number of piperidine rings is 1. The zero-order chi connectivity index (χ0) is 14.5. The third-order valence-electron chi connectivity index (χ3n) is 5.42. The van der Waals surface area contributed by atoms with Gasteiger partial charge in [-0.05, 0) is 36.8 Å². The molecule has 1 N–H and O–H groups in total. The number of likely N-dealkylation sites (tertiary alicyclic amines) is 1. The largest absolute Gasteiger partial charge is 0.392 e. The zero-order valence-corrected chi connectivity index (χ0v) is 13.1. The quantitative estimate of drug-likeness (QED) is 0.909. The summed E-state index contributed by atoms with van der Waals surface area (Å²) >= 11 is 0. The van der Waals surface area contributed by atoms with Gasteiger partial charge in [0.2, 0.25) is 0 Å². The molecule has 0 radical (unpaired) electrons. The third-order valence-corrected chi connectivity index (χ3v) is 5.42. The summed E-state index contributed by atoms with van der Waals surface area (Å²) in [5.74, 6) is 1.43. The van der Waals surface area contributed by atoms with Gasteiger partial charge in [-0.3, -0.25) is 4.90 Å². The van der Waals surface area contributed by atoms with Crippen molar-refractivity contribution in [2.75, 3.05) is 13.1 Å². The summed E-state index contributed by atoms with van der Waals surface area (Å²) < 4.78 is 0. The Morgan fingerprint density at radius 1 is 1.00 bits per heavy atom. The molecule has 1 saturated heterocycles. The molecule has 0 bridgehead atoms. The van der Waals surface area contributed by atoms with Gasteiger partial charge in [0.15, 0.2) is 0 Å². The van der Waals surface area contributed by atoms with E-state index in [4.69, 9.17) is 0 Å². The van der Waals surface area contributed by atoms with Crippen LogP contribution in [0.1, 0.15) is 50.5 Å². The Morgan fingerprint density at radius 3 is 2.48 bits per heavy atom. The monoisotopic (exact) mass is 287 g/mol. The van der Waals surface area contributed by atoms with E-state index in [0.717, 1.165) is 25.6 Å². The predicted molar refractivity (Wildman–Crippen MR) is 87.0 cm³/mol. The van der Waals surface area contributed by atoms with E-state index >= 15 is 0 Å². The van der Waals surface area contributed by atoms with Crippen molar-refractivity contribution in [3.63, 3.8) is 0 Å². The van der Waals surface area contributed by atoms with Crippen LogP contribution in [0.2, 0.25) is 0 Å². The van der Waals surface area contributed by atoms with E-state index in [2.05, 4.69) is 35.2 Å². The standard InChI is InChI=1S/C19H29NO/c21-19-15-20(14-17-9-5-2-6-10-17)12-11-18(19)13-16-7-3-1-4-8-16/h2,5-6,9-10,16,18-19,21H,1,3-4,7-8,11-15H2/t18-,19+/m0/s1. The molecule has 1 aliphatic heterocycles. The van der Waals surface area contributed by atoms with Crippen molar-refractivity contribution in [2.45, 2.75) is 57.6 Å². The molecule has 116 valence electrons. The maximum atomic E-state index is 10.5. The summed E-state index contributed by atoms with van der Waals surface area (Å²) in [5.41, 5.74) is 1.36. The Labute approximate surface area is 129 Å². The second-order valence-corrected chi connectivity index (χ2v) is 7.08. The molecular weight excluding hydrogens is 258 g/mol. The topological polar surface area (TPSA) is 23.5 Å². The third kappa shape index (κ3) is 4.31. The molecule has 2 aliphatic rings. The van der Waals surface area contributed by atoms with Crippen LogP contribution in [0.15, 0.2) is 30.3 Å². The first-order valence-electron chi connectivity index (χ1n) is 8.75. The second-order valence-electron chi connectivity index (χ2n) is 7.08. The van der Waals surface area contributed by atoms with Gasteiger partial charge in [0, 0.05) is 13.1 Å². The van der Waals surface area contributed by atoms with Crippen molar-refractivity contribution in [1.82, 2.24) is 4.90 Å². The Kier molecular flexibility index (Phi) is 5.32. The van der Waals surface area contributed by atoms with Crippen LogP contribution in [0.5, 0.6) is 0 Å². The average Bonchev–Trinajstić information content (AvgIpc) is 2.52. The fraction of sp³-hybridized carbons (Fsp3) is 0.684. The molecule has 0 aromatic heterocycles. The number of benzene rings is 1. The number of aliphatic hydroxyl groups is 1. The fourth-order valence-electron chi connectivity index (χ4n) is 4.16. The molecule has 2 heteroatoms. The summed E-state index contributed by atoms with van der Waals surface area (Å²) in [7, 11) is 0. The summed E-state index contributed by atoms with van der Waals surface area (Å²) in [6.07, 6.45) is 9.36. The lowest BCUT2D eigenvalue weighted by atomic mass is 9.79. The van der Waals surface area contributed by atoms with Crippen LogP contribution < -0.4 is 0 Å². The minimum atomic E-state index is -0.121. The fourth-order valence-corrected chi connectivity index (χ4v) is 4.16. The van der Waals surface area contributed by atoms with E-state index in [9.17, 15) is 5.11 Å². The van der Waals surface area contributed by atoms with Crippen LogP contribution in [-0.4, -0.2) is 29.2 Å². The van der Waals surface area contributed by atoms with Crippen LogP contribution >= 0.6 is 0 Å². The first kappa shape index (κ1) is 15.1. The molecule has 1 aliphatic carbocycles. The smallest absolute Gasteiger partial charge is 0.0695 e. The van der Waals surface area contributed by atoms with Crippen molar-refractivity contribution in [3.8, 4) is 0 Å². The van der Waals surface area contributed by atoms with E-state index in [-0.39, 0.29) is 6.10 Å². The first-order chi connectivity index (χ1) is 10.3. The Morgan fingerprint density at radius 2 is 1.76 bits per heavy atom. The lowest BCUT2D eigenvalue weighted by Crippen LogP contribution is -2.44. The maximum absolute atomic E-state index is 10.5. The molecule has 1 saturated carbocycles. The molecule has 3 rings (SSSR count). The van der Waals surface area contributed by atoms with Gasteiger partial charge in [-0.1, -0.05) is 62.4 Å². The van der Waals surface area contributed by atoms with Crippen LogP contribution in [-0.2, 0) is 6.54 Å². The van der Waals surface area contributed by atoms with Gasteiger partial charge in [0.05, 0.1) is 6.10 Å². The van der Waals surface area contributed by atoms with E-state index < -0.39 is 0 Å². The first-order valence-corrected chi connectivity index (χ1v) is 8.75. The van der Waals surface area contributed by atoms with Crippen molar-refractivity contribution >= 4 is 0 Å². The highest BCUT2D eigenvalue weighted by molar-refractivity contribution is 5.14. The van der Waals surface area contributed by atoms with Gasteiger partial charge in [-0.25, -0.2) is 0 Å². The summed E-state index contributed by atoms with van der Waals surface area (Å²) in [5, 5.41) is 10.5. The second kappa shape index (κ2) is 7.42. The van der Waals surface area contributed by atoms with Gasteiger partial charge in [-0.15, -0.1) is 0 Å². The number of hydrogen-bond acceptors (Lipinski definition) is 2. The molecule has 0 spiro atoms. The highest BCUT2D eigenvalue weighted by atomic mass is 16.3. The van der Waals surface area contributed by atoms with Crippen LogP contribution in [0, 0.1) is 11.8 Å².